The molecule has 0 aromatic heterocycles. The number of amides is 2. The van der Waals surface area contributed by atoms with Crippen molar-refractivity contribution in [2.75, 3.05) is 17.5 Å². The Morgan fingerprint density at radius 3 is 2.33 bits per heavy atom. The first-order valence-electron chi connectivity index (χ1n) is 12.9. The molecule has 2 unspecified atom stereocenters. The Hall–Kier alpha value is -3.12. The molecule has 0 saturated heterocycles. The van der Waals surface area contributed by atoms with Gasteiger partial charge in [-0.1, -0.05) is 18.2 Å². The van der Waals surface area contributed by atoms with Gasteiger partial charge in [-0.25, -0.2) is 8.42 Å². The van der Waals surface area contributed by atoms with E-state index in [4.69, 9.17) is 5.73 Å². The summed E-state index contributed by atoms with van der Waals surface area (Å²) in [6, 6.07) is 9.27. The Morgan fingerprint density at radius 1 is 1.05 bits per heavy atom. The maximum atomic E-state index is 13.6. The lowest BCUT2D eigenvalue weighted by Crippen LogP contribution is -2.62. The Morgan fingerprint density at radius 2 is 1.72 bits per heavy atom. The molecule has 2 amide bonds. The maximum absolute atomic E-state index is 13.6. The molecule has 4 N–H and O–H groups in total. The van der Waals surface area contributed by atoms with Crippen LogP contribution in [0.4, 0.5) is 18.9 Å². The molecule has 0 heterocycles. The number of carbonyl (C=O) groups is 2. The summed E-state index contributed by atoms with van der Waals surface area (Å²) in [6.07, 6.45) is -1.06. The maximum Gasteiger partial charge on any atom is 0.417 e. The number of halogens is 3. The van der Waals surface area contributed by atoms with Crippen LogP contribution in [0.3, 0.4) is 0 Å². The first-order chi connectivity index (χ1) is 18.4. The van der Waals surface area contributed by atoms with Crippen LogP contribution in [-0.4, -0.2) is 44.5 Å². The van der Waals surface area contributed by atoms with E-state index in [0.717, 1.165) is 31.4 Å². The van der Waals surface area contributed by atoms with E-state index in [1.54, 1.807) is 0 Å². The van der Waals surface area contributed by atoms with Gasteiger partial charge in [-0.05, 0) is 80.2 Å². The van der Waals surface area contributed by atoms with Crippen LogP contribution in [0.1, 0.15) is 48.0 Å². The number of carbonyl (C=O) groups excluding carboxylic acids is 2. The summed E-state index contributed by atoms with van der Waals surface area (Å²) in [5, 5.41) is 12.6. The van der Waals surface area contributed by atoms with Gasteiger partial charge in [-0.3, -0.25) is 13.9 Å². The molecule has 0 aliphatic heterocycles. The number of hydrogen-bond acceptors (Lipinski definition) is 5. The van der Waals surface area contributed by atoms with Crippen molar-refractivity contribution in [3.05, 3.63) is 59.7 Å². The van der Waals surface area contributed by atoms with Crippen LogP contribution >= 0.6 is 0 Å². The smallest absolute Gasteiger partial charge is 0.394 e. The first kappa shape index (κ1) is 27.4. The number of nitrogens with zero attached hydrogens (tertiary/aromatic N) is 1. The lowest BCUT2D eigenvalue weighted by atomic mass is 9.47. The largest absolute Gasteiger partial charge is 0.417 e. The third-order valence-corrected chi connectivity index (χ3v) is 10.4. The third-order valence-electron chi connectivity index (χ3n) is 8.55. The van der Waals surface area contributed by atoms with Crippen LogP contribution in [0.5, 0.6) is 0 Å². The van der Waals surface area contributed by atoms with Gasteiger partial charge in [-0.2, -0.15) is 13.2 Å². The molecule has 4 aliphatic rings. The molecule has 6 rings (SSSR count). The molecular weight excluding hydrogens is 535 g/mol. The summed E-state index contributed by atoms with van der Waals surface area (Å²) in [6.45, 7) is -1.17. The Bertz CT molecular complexity index is 1380. The highest BCUT2D eigenvalue weighted by atomic mass is 32.2. The molecule has 0 spiro atoms. The van der Waals surface area contributed by atoms with Crippen molar-refractivity contribution < 1.29 is 36.3 Å². The SMILES string of the molecule is NC(=O)C12CC3CC(C1)C(NC(=O)c1cccc(N(CCO)S(=O)(=O)c4ccccc4C(F)(F)F)c1)C(C3)C2. The van der Waals surface area contributed by atoms with E-state index in [2.05, 4.69) is 5.32 Å². The van der Waals surface area contributed by atoms with Crippen molar-refractivity contribution >= 4 is 27.5 Å². The number of nitrogens with two attached hydrogens (primary N) is 1. The van der Waals surface area contributed by atoms with E-state index < -0.39 is 51.1 Å². The van der Waals surface area contributed by atoms with Crippen LogP contribution < -0.4 is 15.4 Å². The van der Waals surface area contributed by atoms with E-state index in [9.17, 15) is 36.3 Å². The van der Waals surface area contributed by atoms with Crippen molar-refractivity contribution in [3.8, 4) is 0 Å². The Kier molecular flexibility index (Phi) is 6.91. The zero-order valence-electron chi connectivity index (χ0n) is 21.0. The molecule has 2 aromatic carbocycles. The average Bonchev–Trinajstić information content (AvgIpc) is 2.88. The fraction of sp³-hybridized carbons (Fsp3) is 0.481. The molecule has 4 bridgehead atoms. The first-order valence-corrected chi connectivity index (χ1v) is 14.3. The standard InChI is InChI=1S/C27H30F3N3O5S/c28-27(29,30)21-6-1-2-7-22(21)39(37,38)33(8-9-34)20-5-3-4-17(12-20)24(35)32-23-18-10-16-11-19(23)15-26(13-16,14-18)25(31)36/h1-7,12,16,18-19,23,34H,8-11,13-15H2,(H2,31,36)(H,32,35). The molecule has 0 radical (unpaired) electrons. The lowest BCUT2D eigenvalue weighted by molar-refractivity contribution is -0.145. The van der Waals surface area contributed by atoms with Gasteiger partial charge in [0.2, 0.25) is 5.91 Å². The van der Waals surface area contributed by atoms with Crippen LogP contribution in [0, 0.1) is 23.2 Å². The predicted octanol–water partition coefficient (Wildman–Crippen LogP) is 3.30. The van der Waals surface area contributed by atoms with E-state index in [0.29, 0.717) is 29.1 Å². The summed E-state index contributed by atoms with van der Waals surface area (Å²) >= 11 is 0. The molecule has 12 heteroatoms. The highest BCUT2D eigenvalue weighted by Crippen LogP contribution is 2.60. The second kappa shape index (κ2) is 9.81. The van der Waals surface area contributed by atoms with Crippen molar-refractivity contribution in [1.29, 1.82) is 0 Å². The van der Waals surface area contributed by atoms with Crippen molar-refractivity contribution in [2.24, 2.45) is 28.9 Å². The Labute approximate surface area is 224 Å². The number of nitrogens with one attached hydrogen (secondary N) is 1. The number of benzene rings is 2. The monoisotopic (exact) mass is 565 g/mol. The molecular formula is C27H30F3N3O5S. The number of aliphatic hydroxyl groups excluding tert-OH is 1. The second-order valence-corrected chi connectivity index (χ2v) is 12.8. The van der Waals surface area contributed by atoms with Crippen molar-refractivity contribution in [1.82, 2.24) is 5.32 Å². The summed E-state index contributed by atoms with van der Waals surface area (Å²) in [7, 11) is -4.75. The minimum absolute atomic E-state index is 0.0496. The fourth-order valence-corrected chi connectivity index (χ4v) is 8.78. The molecule has 4 fully saturated rings. The van der Waals surface area contributed by atoms with Crippen LogP contribution in [-0.2, 0) is 21.0 Å². The number of anilines is 1. The quantitative estimate of drug-likeness (QED) is 0.452. The van der Waals surface area contributed by atoms with Gasteiger partial charge in [0.15, 0.2) is 0 Å². The van der Waals surface area contributed by atoms with Gasteiger partial charge in [-0.15, -0.1) is 0 Å². The van der Waals surface area contributed by atoms with Gasteiger partial charge < -0.3 is 16.2 Å². The number of sulfonamides is 1. The van der Waals surface area contributed by atoms with Crippen LogP contribution in [0.15, 0.2) is 53.4 Å². The summed E-state index contributed by atoms with van der Waals surface area (Å²) in [5.41, 5.74) is 4.00. The second-order valence-electron chi connectivity index (χ2n) is 11.0. The third kappa shape index (κ3) is 4.88. The highest BCUT2D eigenvalue weighted by Gasteiger charge is 2.58. The topological polar surface area (TPSA) is 130 Å². The van der Waals surface area contributed by atoms with Gasteiger partial charge in [0.05, 0.1) is 29.3 Å². The van der Waals surface area contributed by atoms with Gasteiger partial charge in [0.25, 0.3) is 15.9 Å². The number of primary amides is 1. The number of aliphatic hydroxyl groups is 1. The summed E-state index contributed by atoms with van der Waals surface area (Å²) in [4.78, 5) is 24.6. The fourth-order valence-electron chi connectivity index (χ4n) is 7.12. The van der Waals surface area contributed by atoms with Crippen LogP contribution in [0.25, 0.3) is 0 Å². The van der Waals surface area contributed by atoms with Crippen molar-refractivity contribution in [2.45, 2.75) is 49.2 Å². The average molecular weight is 566 g/mol. The van der Waals surface area contributed by atoms with Gasteiger partial charge >= 0.3 is 6.18 Å². The minimum Gasteiger partial charge on any atom is -0.394 e. The number of hydrogen-bond donors (Lipinski definition) is 3. The number of rotatable bonds is 8. The van der Waals surface area contributed by atoms with E-state index in [-0.39, 0.29) is 35.0 Å². The van der Waals surface area contributed by atoms with Gasteiger partial charge in [0.1, 0.15) is 0 Å². The zero-order chi connectivity index (χ0) is 28.2. The predicted molar refractivity (Wildman–Crippen MR) is 136 cm³/mol. The molecule has 8 nitrogen and oxygen atoms in total. The van der Waals surface area contributed by atoms with E-state index in [1.165, 1.54) is 30.3 Å². The molecule has 39 heavy (non-hydrogen) atoms. The Balaban J connectivity index is 1.41. The normalized spacial score (nSPS) is 27.8. The summed E-state index contributed by atoms with van der Waals surface area (Å²) in [5.74, 6) is -0.0958. The van der Waals surface area contributed by atoms with Gasteiger partial charge in [0, 0.05) is 17.0 Å². The minimum atomic E-state index is -4.91. The molecule has 4 saturated carbocycles. The molecule has 4 aliphatic carbocycles. The highest BCUT2D eigenvalue weighted by molar-refractivity contribution is 7.92. The zero-order valence-corrected chi connectivity index (χ0v) is 21.8. The molecule has 210 valence electrons. The van der Waals surface area contributed by atoms with Crippen LogP contribution in [0.2, 0.25) is 0 Å². The lowest BCUT2D eigenvalue weighted by Gasteiger charge is -2.58. The van der Waals surface area contributed by atoms with E-state index >= 15 is 0 Å². The number of alkyl halides is 3. The molecule has 2 aromatic rings. The summed E-state index contributed by atoms with van der Waals surface area (Å²) < 4.78 is 68.3. The van der Waals surface area contributed by atoms with Crippen molar-refractivity contribution in [3.63, 3.8) is 0 Å². The molecule has 2 atom stereocenters. The van der Waals surface area contributed by atoms with E-state index in [1.807, 2.05) is 0 Å².